The molecule has 1 atom stereocenters. The number of amides is 4. The zero-order chi connectivity index (χ0) is 22.5. The van der Waals surface area contributed by atoms with E-state index in [4.69, 9.17) is 5.73 Å². The first-order chi connectivity index (χ1) is 14.3. The number of unbranched alkanes of at least 4 members (excludes halogenated alkanes) is 1. The summed E-state index contributed by atoms with van der Waals surface area (Å²) in [6, 6.07) is 7.56. The van der Waals surface area contributed by atoms with E-state index in [1.54, 1.807) is 29.2 Å². The Morgan fingerprint density at radius 2 is 1.70 bits per heavy atom. The third kappa shape index (κ3) is 8.43. The van der Waals surface area contributed by atoms with Gasteiger partial charge >= 0.3 is 6.03 Å². The van der Waals surface area contributed by atoms with Gasteiger partial charge in [-0.15, -0.1) is 0 Å². The molecule has 0 radical (unpaired) electrons. The number of hydrogen-bond acceptors (Lipinski definition) is 3. The molecule has 0 spiro atoms. The van der Waals surface area contributed by atoms with Crippen molar-refractivity contribution in [1.29, 1.82) is 0 Å². The Morgan fingerprint density at radius 3 is 2.23 bits per heavy atom. The molecule has 1 aromatic rings. The van der Waals surface area contributed by atoms with Crippen LogP contribution in [0.5, 0.6) is 0 Å². The lowest BCUT2D eigenvalue weighted by molar-refractivity contribution is -0.126. The van der Waals surface area contributed by atoms with Crippen LogP contribution in [0.1, 0.15) is 63.7 Å². The quantitative estimate of drug-likeness (QED) is 0.515. The van der Waals surface area contributed by atoms with Crippen molar-refractivity contribution in [3.05, 3.63) is 35.9 Å². The SMILES string of the molecule is CCCCN(C(=O)c1ccccc1)[C@@H](CN(CCC)C(N)=O)C(=O)NCCC(C)C. The van der Waals surface area contributed by atoms with Gasteiger partial charge in [0.15, 0.2) is 0 Å². The van der Waals surface area contributed by atoms with E-state index in [2.05, 4.69) is 19.2 Å². The Hall–Kier alpha value is -2.57. The summed E-state index contributed by atoms with van der Waals surface area (Å²) in [6.45, 7) is 9.64. The van der Waals surface area contributed by atoms with Gasteiger partial charge in [-0.2, -0.15) is 0 Å². The van der Waals surface area contributed by atoms with Gasteiger partial charge in [-0.1, -0.05) is 52.3 Å². The minimum absolute atomic E-state index is 0.0823. The molecule has 7 nitrogen and oxygen atoms in total. The maximum absolute atomic E-state index is 13.3. The fraction of sp³-hybridized carbons (Fsp3) is 0.609. The van der Waals surface area contributed by atoms with Crippen LogP contribution in [0.4, 0.5) is 4.79 Å². The highest BCUT2D eigenvalue weighted by Crippen LogP contribution is 2.13. The highest BCUT2D eigenvalue weighted by atomic mass is 16.2. The molecule has 7 heteroatoms. The van der Waals surface area contributed by atoms with Crippen LogP contribution in [0.2, 0.25) is 0 Å². The summed E-state index contributed by atoms with van der Waals surface area (Å²) in [6.07, 6.45) is 3.20. The molecule has 1 aromatic carbocycles. The van der Waals surface area contributed by atoms with Crippen molar-refractivity contribution in [2.75, 3.05) is 26.2 Å². The molecule has 1 rings (SSSR count). The smallest absolute Gasteiger partial charge is 0.314 e. The molecule has 0 unspecified atom stereocenters. The van der Waals surface area contributed by atoms with Crippen LogP contribution in [0, 0.1) is 5.92 Å². The van der Waals surface area contributed by atoms with Gasteiger partial charge < -0.3 is 20.9 Å². The number of nitrogens with one attached hydrogen (secondary N) is 1. The maximum Gasteiger partial charge on any atom is 0.314 e. The van der Waals surface area contributed by atoms with Crippen LogP contribution in [0.15, 0.2) is 30.3 Å². The summed E-state index contributed by atoms with van der Waals surface area (Å²) < 4.78 is 0. The van der Waals surface area contributed by atoms with Crippen LogP contribution in [0.3, 0.4) is 0 Å². The first kappa shape index (κ1) is 25.5. The van der Waals surface area contributed by atoms with E-state index in [9.17, 15) is 14.4 Å². The second-order valence-electron chi connectivity index (χ2n) is 7.99. The van der Waals surface area contributed by atoms with Crippen LogP contribution in [-0.2, 0) is 4.79 Å². The van der Waals surface area contributed by atoms with E-state index in [-0.39, 0.29) is 18.4 Å². The second kappa shape index (κ2) is 13.6. The number of primary amides is 1. The van der Waals surface area contributed by atoms with Gasteiger partial charge in [0.2, 0.25) is 5.91 Å². The van der Waals surface area contributed by atoms with Crippen molar-refractivity contribution in [3.8, 4) is 0 Å². The minimum Gasteiger partial charge on any atom is -0.354 e. The number of benzene rings is 1. The van der Waals surface area contributed by atoms with Crippen LogP contribution in [-0.4, -0.2) is 59.9 Å². The molecule has 30 heavy (non-hydrogen) atoms. The van der Waals surface area contributed by atoms with E-state index in [1.807, 2.05) is 19.9 Å². The van der Waals surface area contributed by atoms with Gasteiger partial charge in [-0.25, -0.2) is 4.79 Å². The lowest BCUT2D eigenvalue weighted by Crippen LogP contribution is -2.56. The number of nitrogens with zero attached hydrogens (tertiary/aromatic N) is 2. The molecule has 168 valence electrons. The van der Waals surface area contributed by atoms with Crippen molar-refractivity contribution < 1.29 is 14.4 Å². The van der Waals surface area contributed by atoms with E-state index >= 15 is 0 Å². The molecule has 0 saturated heterocycles. The molecule has 0 aliphatic rings. The van der Waals surface area contributed by atoms with E-state index < -0.39 is 12.1 Å². The molecule has 0 aliphatic heterocycles. The van der Waals surface area contributed by atoms with Gasteiger partial charge in [0.25, 0.3) is 5.91 Å². The molecule has 0 fully saturated rings. The average molecular weight is 419 g/mol. The van der Waals surface area contributed by atoms with Crippen molar-refractivity contribution in [2.45, 2.75) is 59.4 Å². The average Bonchev–Trinajstić information content (AvgIpc) is 2.72. The van der Waals surface area contributed by atoms with Gasteiger partial charge in [0.05, 0.1) is 6.54 Å². The van der Waals surface area contributed by atoms with Gasteiger partial charge in [-0.05, 0) is 37.3 Å². The van der Waals surface area contributed by atoms with Crippen molar-refractivity contribution >= 4 is 17.8 Å². The first-order valence-electron chi connectivity index (χ1n) is 11.0. The highest BCUT2D eigenvalue weighted by Gasteiger charge is 2.32. The number of rotatable bonds is 13. The molecule has 0 aromatic heterocycles. The summed E-state index contributed by atoms with van der Waals surface area (Å²) in [5.74, 6) is -0.0135. The maximum atomic E-state index is 13.3. The van der Waals surface area contributed by atoms with E-state index in [1.165, 1.54) is 4.90 Å². The summed E-state index contributed by atoms with van der Waals surface area (Å²) in [7, 11) is 0. The van der Waals surface area contributed by atoms with Crippen LogP contribution in [0.25, 0.3) is 0 Å². The lowest BCUT2D eigenvalue weighted by atomic mass is 10.1. The third-order valence-corrected chi connectivity index (χ3v) is 4.93. The van der Waals surface area contributed by atoms with Gasteiger partial charge in [0.1, 0.15) is 6.04 Å². The summed E-state index contributed by atoms with van der Waals surface area (Å²) >= 11 is 0. The number of carbonyl (C=O) groups is 3. The Labute approximate surface area is 181 Å². The Balaban J connectivity index is 3.19. The lowest BCUT2D eigenvalue weighted by Gasteiger charge is -2.34. The Morgan fingerprint density at radius 1 is 1.03 bits per heavy atom. The number of nitrogens with two attached hydrogens (primary N) is 1. The zero-order valence-corrected chi connectivity index (χ0v) is 18.9. The molecule has 0 saturated carbocycles. The number of urea groups is 1. The summed E-state index contributed by atoms with van der Waals surface area (Å²) in [5, 5.41) is 2.95. The number of hydrogen-bond donors (Lipinski definition) is 2. The van der Waals surface area contributed by atoms with Crippen LogP contribution >= 0.6 is 0 Å². The summed E-state index contributed by atoms with van der Waals surface area (Å²) in [4.78, 5) is 41.4. The van der Waals surface area contributed by atoms with E-state index in [0.29, 0.717) is 37.5 Å². The Kier molecular flexibility index (Phi) is 11.6. The number of carbonyl (C=O) groups excluding carboxylic acids is 3. The molecule has 4 amide bonds. The summed E-state index contributed by atoms with van der Waals surface area (Å²) in [5.41, 5.74) is 6.07. The highest BCUT2D eigenvalue weighted by molar-refractivity contribution is 5.97. The predicted molar refractivity (Wildman–Crippen MR) is 120 cm³/mol. The molecule has 3 N–H and O–H groups in total. The first-order valence-corrected chi connectivity index (χ1v) is 11.0. The second-order valence-corrected chi connectivity index (χ2v) is 7.99. The molecule has 0 bridgehead atoms. The fourth-order valence-corrected chi connectivity index (χ4v) is 3.17. The van der Waals surface area contributed by atoms with Crippen molar-refractivity contribution in [1.82, 2.24) is 15.1 Å². The molecular formula is C23H38N4O3. The molecular weight excluding hydrogens is 380 g/mol. The van der Waals surface area contributed by atoms with Crippen molar-refractivity contribution in [2.24, 2.45) is 11.7 Å². The molecule has 0 aliphatic carbocycles. The van der Waals surface area contributed by atoms with Crippen LogP contribution < -0.4 is 11.1 Å². The minimum atomic E-state index is -0.796. The predicted octanol–water partition coefficient (Wildman–Crippen LogP) is 3.25. The van der Waals surface area contributed by atoms with Gasteiger partial charge in [0, 0.05) is 25.2 Å². The van der Waals surface area contributed by atoms with Gasteiger partial charge in [-0.3, -0.25) is 9.59 Å². The zero-order valence-electron chi connectivity index (χ0n) is 18.9. The fourth-order valence-electron chi connectivity index (χ4n) is 3.17. The topological polar surface area (TPSA) is 95.7 Å². The normalized spacial score (nSPS) is 11.8. The molecule has 0 heterocycles. The third-order valence-electron chi connectivity index (χ3n) is 4.93. The standard InChI is InChI=1S/C23H38N4O3/c1-5-7-16-27(22(29)19-11-9-8-10-12-19)20(17-26(15-6-2)23(24)30)21(28)25-14-13-18(3)4/h8-12,18,20H,5-7,13-17H2,1-4H3,(H2,24,30)(H,25,28)/t20-/m0/s1. The largest absolute Gasteiger partial charge is 0.354 e. The van der Waals surface area contributed by atoms with Crippen molar-refractivity contribution in [3.63, 3.8) is 0 Å². The van der Waals surface area contributed by atoms with E-state index in [0.717, 1.165) is 19.3 Å². The Bertz CT molecular complexity index is 664. The monoisotopic (exact) mass is 418 g/mol.